The maximum absolute atomic E-state index is 12.4. The summed E-state index contributed by atoms with van der Waals surface area (Å²) in [5.74, 6) is 0.730. The first-order valence-corrected chi connectivity index (χ1v) is 8.06. The second kappa shape index (κ2) is 7.65. The molecule has 7 nitrogen and oxygen atoms in total. The molecule has 0 saturated carbocycles. The Kier molecular flexibility index (Phi) is 5.13. The van der Waals surface area contributed by atoms with Crippen molar-refractivity contribution < 1.29 is 14.3 Å². The van der Waals surface area contributed by atoms with E-state index in [0.29, 0.717) is 30.2 Å². The highest BCUT2D eigenvalue weighted by atomic mass is 16.5. The number of piperazine rings is 1. The first-order chi connectivity index (χ1) is 12.2. The molecule has 1 aliphatic heterocycles. The zero-order valence-electron chi connectivity index (χ0n) is 14.0. The van der Waals surface area contributed by atoms with E-state index >= 15 is 0 Å². The fourth-order valence-corrected chi connectivity index (χ4v) is 2.75. The van der Waals surface area contributed by atoms with E-state index in [1.165, 1.54) is 7.11 Å². The molecule has 2 heterocycles. The maximum Gasteiger partial charge on any atom is 0.260 e. The Bertz CT molecular complexity index is 740. The Hall–Kier alpha value is -3.09. The topological polar surface area (TPSA) is 74.8 Å². The van der Waals surface area contributed by atoms with Crippen LogP contribution in [0.25, 0.3) is 0 Å². The monoisotopic (exact) mass is 340 g/mol. The summed E-state index contributed by atoms with van der Waals surface area (Å²) in [7, 11) is 1.53. The number of carbonyl (C=O) groups excluding carboxylic acids is 2. The van der Waals surface area contributed by atoms with Crippen molar-refractivity contribution in [1.29, 1.82) is 0 Å². The van der Waals surface area contributed by atoms with Crippen molar-refractivity contribution in [3.05, 3.63) is 48.2 Å². The Balaban J connectivity index is 1.65. The molecule has 0 bridgehead atoms. The van der Waals surface area contributed by atoms with Crippen molar-refractivity contribution in [3.8, 4) is 5.75 Å². The van der Waals surface area contributed by atoms with Crippen molar-refractivity contribution in [3.63, 3.8) is 0 Å². The van der Waals surface area contributed by atoms with Crippen molar-refractivity contribution in [2.75, 3.05) is 43.5 Å². The predicted molar refractivity (Wildman–Crippen MR) is 95.0 cm³/mol. The number of benzene rings is 1. The summed E-state index contributed by atoms with van der Waals surface area (Å²) < 4.78 is 5.20. The van der Waals surface area contributed by atoms with E-state index < -0.39 is 0 Å². The van der Waals surface area contributed by atoms with Gasteiger partial charge in [-0.15, -0.1) is 0 Å². The van der Waals surface area contributed by atoms with Crippen LogP contribution in [0.2, 0.25) is 0 Å². The van der Waals surface area contributed by atoms with Crippen molar-refractivity contribution >= 4 is 23.8 Å². The lowest BCUT2D eigenvalue weighted by Crippen LogP contribution is -2.45. The van der Waals surface area contributed by atoms with Gasteiger partial charge in [0.2, 0.25) is 6.41 Å². The maximum atomic E-state index is 12.4. The van der Waals surface area contributed by atoms with Crippen molar-refractivity contribution in [2.24, 2.45) is 0 Å². The highest BCUT2D eigenvalue weighted by molar-refractivity contribution is 6.05. The molecule has 25 heavy (non-hydrogen) atoms. The summed E-state index contributed by atoms with van der Waals surface area (Å²) in [5.41, 5.74) is 1.43. The van der Waals surface area contributed by atoms with E-state index in [-0.39, 0.29) is 5.91 Å². The van der Waals surface area contributed by atoms with Crippen LogP contribution in [0.15, 0.2) is 42.6 Å². The van der Waals surface area contributed by atoms with Crippen LogP contribution in [-0.4, -0.2) is 55.5 Å². The molecule has 0 radical (unpaired) electrons. The second-order valence-electron chi connectivity index (χ2n) is 5.68. The fraction of sp³-hybridized carbons (Fsp3) is 0.278. The Morgan fingerprint density at radius 2 is 1.92 bits per heavy atom. The number of rotatable bonds is 5. The van der Waals surface area contributed by atoms with Crippen LogP contribution in [0.5, 0.6) is 5.75 Å². The van der Waals surface area contributed by atoms with Crippen LogP contribution < -0.4 is 15.0 Å². The Morgan fingerprint density at radius 1 is 1.16 bits per heavy atom. The summed E-state index contributed by atoms with van der Waals surface area (Å²) in [5, 5.41) is 2.78. The van der Waals surface area contributed by atoms with Gasteiger partial charge in [-0.05, 0) is 24.3 Å². The average Bonchev–Trinajstić information content (AvgIpc) is 2.68. The molecule has 1 saturated heterocycles. The zero-order chi connectivity index (χ0) is 17.6. The molecule has 3 rings (SSSR count). The average molecular weight is 340 g/mol. The van der Waals surface area contributed by atoms with Crippen LogP contribution in [0.3, 0.4) is 0 Å². The van der Waals surface area contributed by atoms with Gasteiger partial charge in [0.1, 0.15) is 11.6 Å². The summed E-state index contributed by atoms with van der Waals surface area (Å²) >= 11 is 0. The predicted octanol–water partition coefficient (Wildman–Crippen LogP) is 1.62. The largest absolute Gasteiger partial charge is 0.496 e. The van der Waals surface area contributed by atoms with E-state index in [2.05, 4.69) is 15.2 Å². The number of hydrogen-bond acceptors (Lipinski definition) is 5. The molecule has 1 aromatic heterocycles. The molecule has 1 fully saturated rings. The summed E-state index contributed by atoms with van der Waals surface area (Å²) in [6, 6.07) is 10.7. The third kappa shape index (κ3) is 3.88. The third-order valence-electron chi connectivity index (χ3n) is 4.17. The van der Waals surface area contributed by atoms with Crippen LogP contribution in [-0.2, 0) is 4.79 Å². The third-order valence-corrected chi connectivity index (χ3v) is 4.17. The minimum Gasteiger partial charge on any atom is -0.496 e. The number of para-hydroxylation sites is 1. The smallest absolute Gasteiger partial charge is 0.260 e. The number of pyridine rings is 1. The molecule has 0 aliphatic carbocycles. The highest BCUT2D eigenvalue weighted by Crippen LogP contribution is 2.20. The van der Waals surface area contributed by atoms with Gasteiger partial charge in [-0.25, -0.2) is 4.98 Å². The Labute approximate surface area is 146 Å². The molecule has 130 valence electrons. The summed E-state index contributed by atoms with van der Waals surface area (Å²) in [4.78, 5) is 31.4. The summed E-state index contributed by atoms with van der Waals surface area (Å²) in [6.45, 7) is 2.95. The van der Waals surface area contributed by atoms with Crippen LogP contribution in [0, 0.1) is 0 Å². The molecular weight excluding hydrogens is 320 g/mol. The molecule has 1 aromatic carbocycles. The minimum atomic E-state index is -0.266. The SMILES string of the molecule is COc1ccccc1C(=O)Nc1ccc(N2CCN(C=O)CC2)cn1. The number of aromatic nitrogens is 1. The number of nitrogens with one attached hydrogen (secondary N) is 1. The molecule has 0 unspecified atom stereocenters. The van der Waals surface area contributed by atoms with Gasteiger partial charge in [0.25, 0.3) is 5.91 Å². The first kappa shape index (κ1) is 16.8. The number of methoxy groups -OCH3 is 1. The number of hydrogen-bond donors (Lipinski definition) is 1. The van der Waals surface area contributed by atoms with E-state index in [9.17, 15) is 9.59 Å². The first-order valence-electron chi connectivity index (χ1n) is 8.06. The van der Waals surface area contributed by atoms with E-state index in [1.807, 2.05) is 12.1 Å². The van der Waals surface area contributed by atoms with Gasteiger partial charge in [0.05, 0.1) is 24.6 Å². The van der Waals surface area contributed by atoms with Crippen LogP contribution in [0.1, 0.15) is 10.4 Å². The number of anilines is 2. The fourth-order valence-electron chi connectivity index (χ4n) is 2.75. The van der Waals surface area contributed by atoms with Gasteiger partial charge in [-0.2, -0.15) is 0 Å². The van der Waals surface area contributed by atoms with E-state index in [0.717, 1.165) is 25.2 Å². The van der Waals surface area contributed by atoms with Gasteiger partial charge in [-0.3, -0.25) is 9.59 Å². The Morgan fingerprint density at radius 3 is 2.56 bits per heavy atom. The molecule has 2 aromatic rings. The number of ether oxygens (including phenoxy) is 1. The van der Waals surface area contributed by atoms with Crippen molar-refractivity contribution in [1.82, 2.24) is 9.88 Å². The molecule has 0 atom stereocenters. The van der Waals surface area contributed by atoms with Gasteiger partial charge in [0, 0.05) is 26.2 Å². The standard InChI is InChI=1S/C18H20N4O3/c1-25-16-5-3-2-4-15(16)18(24)20-17-7-6-14(12-19-17)22-10-8-21(13-23)9-11-22/h2-7,12-13H,8-11H2,1H3,(H,19,20,24). The molecule has 1 N–H and O–H groups in total. The molecular formula is C18H20N4O3. The van der Waals surface area contributed by atoms with Crippen molar-refractivity contribution in [2.45, 2.75) is 0 Å². The number of amides is 2. The van der Waals surface area contributed by atoms with Gasteiger partial charge < -0.3 is 19.9 Å². The van der Waals surface area contributed by atoms with Crippen LogP contribution >= 0.6 is 0 Å². The molecule has 1 aliphatic rings. The van der Waals surface area contributed by atoms with Gasteiger partial charge >= 0.3 is 0 Å². The quantitative estimate of drug-likeness (QED) is 0.837. The van der Waals surface area contributed by atoms with E-state index in [4.69, 9.17) is 4.74 Å². The summed E-state index contributed by atoms with van der Waals surface area (Å²) in [6.07, 6.45) is 2.61. The number of carbonyl (C=O) groups is 2. The molecule has 2 amide bonds. The van der Waals surface area contributed by atoms with E-state index in [1.54, 1.807) is 35.4 Å². The lowest BCUT2D eigenvalue weighted by molar-refractivity contribution is -0.118. The van der Waals surface area contributed by atoms with Gasteiger partial charge in [-0.1, -0.05) is 12.1 Å². The number of nitrogens with zero attached hydrogens (tertiary/aromatic N) is 3. The van der Waals surface area contributed by atoms with Crippen LogP contribution in [0.4, 0.5) is 11.5 Å². The second-order valence-corrected chi connectivity index (χ2v) is 5.68. The molecule has 7 heteroatoms. The molecule has 0 spiro atoms. The lowest BCUT2D eigenvalue weighted by Gasteiger charge is -2.33. The highest BCUT2D eigenvalue weighted by Gasteiger charge is 2.16. The normalized spacial score (nSPS) is 14.1. The van der Waals surface area contributed by atoms with Gasteiger partial charge in [0.15, 0.2) is 0 Å². The lowest BCUT2D eigenvalue weighted by atomic mass is 10.2. The minimum absolute atomic E-state index is 0.266. The zero-order valence-corrected chi connectivity index (χ0v) is 14.0.